The third-order valence-corrected chi connectivity index (χ3v) is 3.84. The minimum absolute atomic E-state index is 0.0266. The third kappa shape index (κ3) is 4.14. The summed E-state index contributed by atoms with van der Waals surface area (Å²) in [5, 5.41) is 0. The topological polar surface area (TPSA) is 52.6 Å². The summed E-state index contributed by atoms with van der Waals surface area (Å²) in [7, 11) is 3.94. The zero-order chi connectivity index (χ0) is 15.2. The molecule has 0 spiro atoms. The molecule has 1 aromatic heterocycles. The molecule has 1 fully saturated rings. The quantitative estimate of drug-likeness (QED) is 0.813. The number of carbonyl (C=O) groups is 1. The SMILES string of the molecule is CCCCN(C)C(=O)c1ccnc(N2CCN(C)CC2)n1. The third-order valence-electron chi connectivity index (χ3n) is 3.84. The minimum atomic E-state index is -0.0266. The van der Waals surface area contributed by atoms with Crippen LogP contribution in [0.15, 0.2) is 12.3 Å². The molecule has 2 heterocycles. The molecule has 116 valence electrons. The van der Waals surface area contributed by atoms with E-state index in [0.29, 0.717) is 11.6 Å². The molecule has 21 heavy (non-hydrogen) atoms. The Morgan fingerprint density at radius 2 is 2.05 bits per heavy atom. The lowest BCUT2D eigenvalue weighted by atomic mass is 10.3. The molecular weight excluding hydrogens is 266 g/mol. The summed E-state index contributed by atoms with van der Waals surface area (Å²) in [5.74, 6) is 0.638. The number of rotatable bonds is 5. The molecule has 1 aliphatic heterocycles. The first-order valence-corrected chi connectivity index (χ1v) is 7.64. The molecule has 6 heteroatoms. The van der Waals surface area contributed by atoms with Gasteiger partial charge in [0.25, 0.3) is 5.91 Å². The normalized spacial score (nSPS) is 16.0. The fourth-order valence-corrected chi connectivity index (χ4v) is 2.32. The molecule has 6 nitrogen and oxygen atoms in total. The molecule has 0 atom stereocenters. The second-order valence-electron chi connectivity index (χ2n) is 5.61. The van der Waals surface area contributed by atoms with Gasteiger partial charge in [0, 0.05) is 46.0 Å². The van der Waals surface area contributed by atoms with Crippen molar-refractivity contribution < 1.29 is 4.79 Å². The molecule has 0 aliphatic carbocycles. The van der Waals surface area contributed by atoms with Crippen molar-refractivity contribution in [2.45, 2.75) is 19.8 Å². The molecule has 0 N–H and O–H groups in total. The van der Waals surface area contributed by atoms with Crippen LogP contribution in [-0.4, -0.2) is 72.5 Å². The number of anilines is 1. The smallest absolute Gasteiger partial charge is 0.272 e. The van der Waals surface area contributed by atoms with E-state index in [-0.39, 0.29) is 5.91 Å². The van der Waals surface area contributed by atoms with Crippen molar-refractivity contribution in [3.05, 3.63) is 18.0 Å². The van der Waals surface area contributed by atoms with Crippen LogP contribution in [0.1, 0.15) is 30.3 Å². The predicted octanol–water partition coefficient (Wildman–Crippen LogP) is 1.10. The fraction of sp³-hybridized carbons (Fsp3) is 0.667. The second kappa shape index (κ2) is 7.36. The van der Waals surface area contributed by atoms with Crippen LogP contribution in [0, 0.1) is 0 Å². The van der Waals surface area contributed by atoms with Crippen molar-refractivity contribution >= 4 is 11.9 Å². The van der Waals surface area contributed by atoms with E-state index in [0.717, 1.165) is 45.6 Å². The van der Waals surface area contributed by atoms with Crippen molar-refractivity contribution in [2.75, 3.05) is 51.7 Å². The number of unbranched alkanes of at least 4 members (excludes halogenated alkanes) is 1. The van der Waals surface area contributed by atoms with Gasteiger partial charge in [-0.3, -0.25) is 4.79 Å². The van der Waals surface area contributed by atoms with Crippen LogP contribution in [0.5, 0.6) is 0 Å². The first-order chi connectivity index (χ1) is 10.1. The Bertz CT molecular complexity index is 471. The number of nitrogens with zero attached hydrogens (tertiary/aromatic N) is 5. The molecule has 0 radical (unpaired) electrons. The van der Waals surface area contributed by atoms with Crippen molar-refractivity contribution in [2.24, 2.45) is 0 Å². The van der Waals surface area contributed by atoms with E-state index < -0.39 is 0 Å². The maximum Gasteiger partial charge on any atom is 0.272 e. The Kier molecular flexibility index (Phi) is 5.50. The Morgan fingerprint density at radius 3 is 2.71 bits per heavy atom. The number of aromatic nitrogens is 2. The van der Waals surface area contributed by atoms with Gasteiger partial charge >= 0.3 is 0 Å². The van der Waals surface area contributed by atoms with Crippen LogP contribution in [0.25, 0.3) is 0 Å². The summed E-state index contributed by atoms with van der Waals surface area (Å²) >= 11 is 0. The zero-order valence-corrected chi connectivity index (χ0v) is 13.2. The summed E-state index contributed by atoms with van der Waals surface area (Å²) < 4.78 is 0. The minimum Gasteiger partial charge on any atom is -0.340 e. The van der Waals surface area contributed by atoms with Gasteiger partial charge in [0.15, 0.2) is 0 Å². The number of piperazine rings is 1. The summed E-state index contributed by atoms with van der Waals surface area (Å²) in [6, 6.07) is 1.70. The maximum atomic E-state index is 12.3. The Hall–Kier alpha value is -1.69. The Labute approximate surface area is 126 Å². The van der Waals surface area contributed by atoms with Crippen molar-refractivity contribution in [1.29, 1.82) is 0 Å². The summed E-state index contributed by atoms with van der Waals surface area (Å²) in [4.78, 5) is 27.3. The summed E-state index contributed by atoms with van der Waals surface area (Å²) in [5.41, 5.74) is 0.484. The van der Waals surface area contributed by atoms with Crippen LogP contribution in [0.2, 0.25) is 0 Å². The molecule has 2 rings (SSSR count). The van der Waals surface area contributed by atoms with Gasteiger partial charge in [0.2, 0.25) is 5.95 Å². The van der Waals surface area contributed by atoms with Crippen molar-refractivity contribution in [1.82, 2.24) is 19.8 Å². The van der Waals surface area contributed by atoms with Gasteiger partial charge in [-0.1, -0.05) is 13.3 Å². The van der Waals surface area contributed by atoms with Gasteiger partial charge < -0.3 is 14.7 Å². The molecule has 1 saturated heterocycles. The Balaban J connectivity index is 2.05. The fourth-order valence-electron chi connectivity index (χ4n) is 2.32. The van der Waals surface area contributed by atoms with E-state index in [1.807, 2.05) is 7.05 Å². The molecule has 1 aromatic rings. The van der Waals surface area contributed by atoms with Gasteiger partial charge in [0.1, 0.15) is 5.69 Å². The molecule has 1 aliphatic rings. The van der Waals surface area contributed by atoms with E-state index in [9.17, 15) is 4.79 Å². The number of likely N-dealkylation sites (N-methyl/N-ethyl adjacent to an activating group) is 1. The summed E-state index contributed by atoms with van der Waals surface area (Å²) in [6.07, 6.45) is 3.77. The van der Waals surface area contributed by atoms with E-state index in [1.54, 1.807) is 17.2 Å². The summed E-state index contributed by atoms with van der Waals surface area (Å²) in [6.45, 7) is 6.69. The van der Waals surface area contributed by atoms with Crippen LogP contribution in [-0.2, 0) is 0 Å². The predicted molar refractivity (Wildman–Crippen MR) is 83.6 cm³/mol. The van der Waals surface area contributed by atoms with Gasteiger partial charge in [-0.2, -0.15) is 0 Å². The van der Waals surface area contributed by atoms with Crippen LogP contribution in [0.3, 0.4) is 0 Å². The number of carbonyl (C=O) groups excluding carboxylic acids is 1. The first-order valence-electron chi connectivity index (χ1n) is 7.64. The zero-order valence-electron chi connectivity index (χ0n) is 13.2. The number of amides is 1. The first kappa shape index (κ1) is 15.7. The largest absolute Gasteiger partial charge is 0.340 e. The van der Waals surface area contributed by atoms with E-state index >= 15 is 0 Å². The van der Waals surface area contributed by atoms with E-state index in [2.05, 4.69) is 33.7 Å². The van der Waals surface area contributed by atoms with Gasteiger partial charge in [0.05, 0.1) is 0 Å². The van der Waals surface area contributed by atoms with Crippen molar-refractivity contribution in [3.8, 4) is 0 Å². The Morgan fingerprint density at radius 1 is 1.33 bits per heavy atom. The maximum absolute atomic E-state index is 12.3. The highest BCUT2D eigenvalue weighted by molar-refractivity contribution is 5.92. The monoisotopic (exact) mass is 291 g/mol. The lowest BCUT2D eigenvalue weighted by Crippen LogP contribution is -2.45. The van der Waals surface area contributed by atoms with Crippen LogP contribution in [0.4, 0.5) is 5.95 Å². The molecule has 0 saturated carbocycles. The standard InChI is InChI=1S/C15H25N5O/c1-4-5-8-19(3)14(21)13-6-7-16-15(17-13)20-11-9-18(2)10-12-20/h6-7H,4-5,8-12H2,1-3H3. The molecule has 0 unspecified atom stereocenters. The number of hydrogen-bond acceptors (Lipinski definition) is 5. The average Bonchev–Trinajstić information content (AvgIpc) is 2.52. The molecule has 0 bridgehead atoms. The van der Waals surface area contributed by atoms with Crippen molar-refractivity contribution in [3.63, 3.8) is 0 Å². The van der Waals surface area contributed by atoms with Gasteiger partial charge in [-0.05, 0) is 19.5 Å². The molecule has 0 aromatic carbocycles. The highest BCUT2D eigenvalue weighted by Crippen LogP contribution is 2.11. The van der Waals surface area contributed by atoms with Crippen LogP contribution < -0.4 is 4.90 Å². The molecule has 1 amide bonds. The average molecular weight is 291 g/mol. The van der Waals surface area contributed by atoms with Gasteiger partial charge in [-0.15, -0.1) is 0 Å². The van der Waals surface area contributed by atoms with E-state index in [4.69, 9.17) is 0 Å². The lowest BCUT2D eigenvalue weighted by Gasteiger charge is -2.32. The van der Waals surface area contributed by atoms with E-state index in [1.165, 1.54) is 0 Å². The van der Waals surface area contributed by atoms with Gasteiger partial charge in [-0.25, -0.2) is 9.97 Å². The second-order valence-corrected chi connectivity index (χ2v) is 5.61. The number of hydrogen-bond donors (Lipinski definition) is 0. The lowest BCUT2D eigenvalue weighted by molar-refractivity contribution is 0.0787. The highest BCUT2D eigenvalue weighted by Gasteiger charge is 2.19. The van der Waals surface area contributed by atoms with Crippen LogP contribution >= 0.6 is 0 Å². The highest BCUT2D eigenvalue weighted by atomic mass is 16.2. The molecular formula is C15H25N5O.